The molecule has 8 heteroatoms. The van der Waals surface area contributed by atoms with Crippen LogP contribution >= 0.6 is 0 Å². The highest BCUT2D eigenvalue weighted by atomic mass is 32.2. The minimum atomic E-state index is -3.46. The molecule has 0 bridgehead atoms. The summed E-state index contributed by atoms with van der Waals surface area (Å²) >= 11 is 0. The molecular formula is C22H28N2O5S. The number of benzene rings is 2. The number of sulfonamides is 1. The number of carbonyl (C=O) groups is 2. The molecule has 2 aromatic rings. The summed E-state index contributed by atoms with van der Waals surface area (Å²) in [4.78, 5) is 24.1. The average Bonchev–Trinajstić information content (AvgIpc) is 2.67. The fourth-order valence-corrected chi connectivity index (χ4v) is 4.07. The largest absolute Gasteiger partial charge is 0.462 e. The second kappa shape index (κ2) is 10.2. The Morgan fingerprint density at radius 2 is 1.77 bits per heavy atom. The first-order valence-corrected chi connectivity index (χ1v) is 11.6. The van der Waals surface area contributed by atoms with Crippen molar-refractivity contribution in [3.8, 4) is 0 Å². The molecule has 0 atom stereocenters. The Balaban J connectivity index is 1.98. The van der Waals surface area contributed by atoms with E-state index in [1.165, 1.54) is 4.31 Å². The highest BCUT2D eigenvalue weighted by molar-refractivity contribution is 7.92. The van der Waals surface area contributed by atoms with Gasteiger partial charge >= 0.3 is 5.97 Å². The smallest absolute Gasteiger partial charge is 0.338 e. The van der Waals surface area contributed by atoms with E-state index in [4.69, 9.17) is 4.74 Å². The molecule has 0 aromatic heterocycles. The Morgan fingerprint density at radius 3 is 2.37 bits per heavy atom. The molecule has 7 nitrogen and oxygen atoms in total. The van der Waals surface area contributed by atoms with Crippen molar-refractivity contribution in [1.29, 1.82) is 0 Å². The van der Waals surface area contributed by atoms with Gasteiger partial charge in [0, 0.05) is 18.7 Å². The highest BCUT2D eigenvalue weighted by Gasteiger charge is 2.19. The summed E-state index contributed by atoms with van der Waals surface area (Å²) in [6.07, 6.45) is 1.69. The van der Waals surface area contributed by atoms with Crippen LogP contribution in [0.5, 0.6) is 0 Å². The summed E-state index contributed by atoms with van der Waals surface area (Å²) in [7, 11) is -3.46. The van der Waals surface area contributed by atoms with Gasteiger partial charge in [0.2, 0.25) is 15.9 Å². The maximum atomic E-state index is 12.3. The fourth-order valence-electron chi connectivity index (χ4n) is 3.05. The van der Waals surface area contributed by atoms with Crippen LogP contribution < -0.4 is 9.62 Å². The van der Waals surface area contributed by atoms with Crippen molar-refractivity contribution in [2.45, 2.75) is 33.6 Å². The molecule has 1 N–H and O–H groups in total. The molecule has 2 aromatic carbocycles. The number of nitrogens with one attached hydrogen (secondary N) is 1. The summed E-state index contributed by atoms with van der Waals surface area (Å²) in [6, 6.07) is 12.2. The second-order valence-corrected chi connectivity index (χ2v) is 8.93. The molecule has 0 aliphatic carbocycles. The number of ether oxygens (including phenoxy) is 1. The number of anilines is 2. The standard InChI is InChI=1S/C22H28N2O5S/c1-5-29-22(26)18-12-13-19(17(3)15-18)23-21(25)11-8-14-24(30(4,27)28)20-10-7-6-9-16(20)2/h6-7,9-10,12-13,15H,5,8,11,14H2,1-4H3,(H,23,25). The first-order chi connectivity index (χ1) is 14.1. The van der Waals surface area contributed by atoms with Crippen LogP contribution in [0.1, 0.15) is 41.3 Å². The van der Waals surface area contributed by atoms with Gasteiger partial charge in [-0.05, 0) is 62.6 Å². The molecule has 0 radical (unpaired) electrons. The van der Waals surface area contributed by atoms with Gasteiger partial charge in [0.15, 0.2) is 0 Å². The average molecular weight is 433 g/mol. The lowest BCUT2D eigenvalue weighted by atomic mass is 10.1. The first kappa shape index (κ1) is 23.4. The van der Waals surface area contributed by atoms with Crippen LogP contribution in [-0.4, -0.2) is 39.7 Å². The van der Waals surface area contributed by atoms with Crippen LogP contribution in [0.4, 0.5) is 11.4 Å². The van der Waals surface area contributed by atoms with Crippen molar-refractivity contribution in [3.63, 3.8) is 0 Å². The number of carbonyl (C=O) groups excluding carboxylic acids is 2. The molecule has 0 saturated heterocycles. The maximum absolute atomic E-state index is 12.3. The van der Waals surface area contributed by atoms with Gasteiger partial charge in [-0.2, -0.15) is 0 Å². The van der Waals surface area contributed by atoms with E-state index < -0.39 is 16.0 Å². The van der Waals surface area contributed by atoms with Gasteiger partial charge in [0.1, 0.15) is 0 Å². The predicted molar refractivity (Wildman–Crippen MR) is 118 cm³/mol. The van der Waals surface area contributed by atoms with Crippen LogP contribution in [0.25, 0.3) is 0 Å². The molecule has 30 heavy (non-hydrogen) atoms. The summed E-state index contributed by atoms with van der Waals surface area (Å²) < 4.78 is 30.7. The molecule has 0 aliphatic heterocycles. The first-order valence-electron chi connectivity index (χ1n) is 9.74. The van der Waals surface area contributed by atoms with E-state index in [1.807, 2.05) is 19.1 Å². The van der Waals surface area contributed by atoms with Crippen LogP contribution in [0.2, 0.25) is 0 Å². The normalized spacial score (nSPS) is 11.1. The van der Waals surface area contributed by atoms with Gasteiger partial charge in [0.05, 0.1) is 24.1 Å². The molecule has 0 spiro atoms. The van der Waals surface area contributed by atoms with Crippen LogP contribution in [0.15, 0.2) is 42.5 Å². The highest BCUT2D eigenvalue weighted by Crippen LogP contribution is 2.23. The van der Waals surface area contributed by atoms with Crippen molar-refractivity contribution in [3.05, 3.63) is 59.2 Å². The van der Waals surface area contributed by atoms with Crippen molar-refractivity contribution >= 4 is 33.3 Å². The zero-order valence-corrected chi connectivity index (χ0v) is 18.6. The van der Waals surface area contributed by atoms with Gasteiger partial charge in [-0.3, -0.25) is 9.10 Å². The number of hydrogen-bond acceptors (Lipinski definition) is 5. The number of esters is 1. The van der Waals surface area contributed by atoms with E-state index in [-0.39, 0.29) is 18.9 Å². The monoisotopic (exact) mass is 432 g/mol. The van der Waals surface area contributed by atoms with Crippen LogP contribution in [0.3, 0.4) is 0 Å². The maximum Gasteiger partial charge on any atom is 0.338 e. The van der Waals surface area contributed by atoms with Crippen LogP contribution in [0, 0.1) is 13.8 Å². The quantitative estimate of drug-likeness (QED) is 0.611. The zero-order chi connectivity index (χ0) is 22.3. The van der Waals surface area contributed by atoms with E-state index in [0.717, 1.165) is 17.4 Å². The van der Waals surface area contributed by atoms with Gasteiger partial charge in [-0.25, -0.2) is 13.2 Å². The van der Waals surface area contributed by atoms with Gasteiger partial charge in [-0.1, -0.05) is 18.2 Å². The number of aryl methyl sites for hydroxylation is 2. The molecule has 0 heterocycles. The number of nitrogens with zero attached hydrogens (tertiary/aromatic N) is 1. The van der Waals surface area contributed by atoms with E-state index in [0.29, 0.717) is 30.0 Å². The Kier molecular flexibility index (Phi) is 8.00. The fraction of sp³-hybridized carbons (Fsp3) is 0.364. The van der Waals surface area contributed by atoms with Crippen LogP contribution in [-0.2, 0) is 19.6 Å². The minimum absolute atomic E-state index is 0.164. The lowest BCUT2D eigenvalue weighted by molar-refractivity contribution is -0.116. The molecular weight excluding hydrogens is 404 g/mol. The Hall–Kier alpha value is -2.87. The lowest BCUT2D eigenvalue weighted by Gasteiger charge is -2.24. The number of amides is 1. The summed E-state index contributed by atoms with van der Waals surface area (Å²) in [5, 5.41) is 2.81. The van der Waals surface area contributed by atoms with Gasteiger partial charge in [-0.15, -0.1) is 0 Å². The topological polar surface area (TPSA) is 92.8 Å². The molecule has 162 valence electrons. The molecule has 0 fully saturated rings. The molecule has 1 amide bonds. The van der Waals surface area contributed by atoms with Crippen molar-refractivity contribution in [1.82, 2.24) is 0 Å². The zero-order valence-electron chi connectivity index (χ0n) is 17.8. The number of para-hydroxylation sites is 1. The Morgan fingerprint density at radius 1 is 1.07 bits per heavy atom. The number of hydrogen-bond donors (Lipinski definition) is 1. The molecule has 0 saturated carbocycles. The Bertz CT molecular complexity index is 1020. The lowest BCUT2D eigenvalue weighted by Crippen LogP contribution is -2.32. The predicted octanol–water partition coefficient (Wildman–Crippen LogP) is 3.67. The van der Waals surface area contributed by atoms with E-state index in [1.54, 1.807) is 44.2 Å². The van der Waals surface area contributed by atoms with Crippen molar-refractivity contribution in [2.24, 2.45) is 0 Å². The van der Waals surface area contributed by atoms with Gasteiger partial charge < -0.3 is 10.1 Å². The minimum Gasteiger partial charge on any atom is -0.462 e. The third-order valence-electron chi connectivity index (χ3n) is 4.56. The third-order valence-corrected chi connectivity index (χ3v) is 5.74. The third kappa shape index (κ3) is 6.32. The van der Waals surface area contributed by atoms with E-state index in [9.17, 15) is 18.0 Å². The Labute approximate surface area is 178 Å². The molecule has 0 unspecified atom stereocenters. The number of rotatable bonds is 9. The summed E-state index contributed by atoms with van der Waals surface area (Å²) in [5.41, 5.74) is 3.24. The molecule has 2 rings (SSSR count). The van der Waals surface area contributed by atoms with Crippen molar-refractivity contribution in [2.75, 3.05) is 29.0 Å². The van der Waals surface area contributed by atoms with E-state index >= 15 is 0 Å². The SMILES string of the molecule is CCOC(=O)c1ccc(NC(=O)CCCN(c2ccccc2C)S(C)(=O)=O)c(C)c1. The summed E-state index contributed by atoms with van der Waals surface area (Å²) in [5.74, 6) is -0.629. The molecule has 0 aliphatic rings. The van der Waals surface area contributed by atoms with Gasteiger partial charge in [0.25, 0.3) is 0 Å². The second-order valence-electron chi connectivity index (χ2n) is 7.02. The summed E-state index contributed by atoms with van der Waals surface area (Å²) in [6.45, 7) is 5.88. The van der Waals surface area contributed by atoms with Crippen molar-refractivity contribution < 1.29 is 22.7 Å². The van der Waals surface area contributed by atoms with E-state index in [2.05, 4.69) is 5.32 Å².